The normalized spacial score (nSPS) is 37.1. The standard InChI is InChI=1S/C16H21N3O2/c1-9-16(4-5-21-9)10-8-17-19-14(10)18-11-6-15(2,3)7-12(20)13(11)16/h9,18H,4-8H2,1-3H3. The lowest BCUT2D eigenvalue weighted by molar-refractivity contribution is -0.119. The van der Waals surface area contributed by atoms with Crippen molar-refractivity contribution in [3.05, 3.63) is 22.7 Å². The Hall–Kier alpha value is -1.49. The average molecular weight is 287 g/mol. The minimum Gasteiger partial charge on any atom is -0.377 e. The maximum absolute atomic E-state index is 12.9. The Morgan fingerprint density at radius 3 is 2.86 bits per heavy atom. The van der Waals surface area contributed by atoms with Gasteiger partial charge in [0.05, 0.1) is 18.1 Å². The Kier molecular flexibility index (Phi) is 2.53. The maximum atomic E-state index is 12.9. The molecule has 2 unspecified atom stereocenters. The number of hydrogen-bond acceptors (Lipinski definition) is 5. The number of ether oxygens (including phenoxy) is 1. The highest BCUT2D eigenvalue weighted by atomic mass is 16.5. The molecule has 112 valence electrons. The number of ketones is 1. The maximum Gasteiger partial charge on any atom is 0.162 e. The number of allylic oxidation sites excluding steroid dienone is 1. The van der Waals surface area contributed by atoms with Crippen LogP contribution in [0.2, 0.25) is 0 Å². The summed E-state index contributed by atoms with van der Waals surface area (Å²) in [6.07, 6.45) is 2.38. The fourth-order valence-electron chi connectivity index (χ4n) is 4.47. The first-order chi connectivity index (χ1) is 9.94. The van der Waals surface area contributed by atoms with Gasteiger partial charge >= 0.3 is 0 Å². The van der Waals surface area contributed by atoms with Gasteiger partial charge in [-0.25, -0.2) is 0 Å². The molecule has 4 aliphatic rings. The highest BCUT2D eigenvalue weighted by Crippen LogP contribution is 2.56. The summed E-state index contributed by atoms with van der Waals surface area (Å²) in [5.74, 6) is 1.13. The Morgan fingerprint density at radius 1 is 1.33 bits per heavy atom. The molecule has 1 spiro atoms. The molecular formula is C16H21N3O2. The molecule has 0 amide bonds. The topological polar surface area (TPSA) is 63.1 Å². The van der Waals surface area contributed by atoms with Gasteiger partial charge in [0.15, 0.2) is 11.6 Å². The summed E-state index contributed by atoms with van der Waals surface area (Å²) in [5, 5.41) is 11.9. The number of nitrogens with zero attached hydrogens (tertiary/aromatic N) is 2. The van der Waals surface area contributed by atoms with Crippen LogP contribution < -0.4 is 5.32 Å². The van der Waals surface area contributed by atoms with Crippen LogP contribution in [0.3, 0.4) is 0 Å². The first-order valence-corrected chi connectivity index (χ1v) is 7.71. The monoisotopic (exact) mass is 287 g/mol. The van der Waals surface area contributed by atoms with Gasteiger partial charge in [0.2, 0.25) is 0 Å². The third kappa shape index (κ3) is 1.64. The quantitative estimate of drug-likeness (QED) is 0.745. The van der Waals surface area contributed by atoms with E-state index < -0.39 is 0 Å². The van der Waals surface area contributed by atoms with E-state index in [1.807, 2.05) is 0 Å². The first kappa shape index (κ1) is 13.2. The molecule has 21 heavy (non-hydrogen) atoms. The predicted molar refractivity (Wildman–Crippen MR) is 77.4 cm³/mol. The number of nitrogens with one attached hydrogen (secondary N) is 1. The van der Waals surface area contributed by atoms with Gasteiger partial charge < -0.3 is 10.1 Å². The molecule has 0 radical (unpaired) electrons. The van der Waals surface area contributed by atoms with E-state index in [9.17, 15) is 4.79 Å². The van der Waals surface area contributed by atoms with E-state index in [1.165, 1.54) is 0 Å². The highest BCUT2D eigenvalue weighted by Gasteiger charge is 2.56. The summed E-state index contributed by atoms with van der Waals surface area (Å²) in [4.78, 5) is 12.9. The van der Waals surface area contributed by atoms with E-state index in [0.29, 0.717) is 19.6 Å². The van der Waals surface area contributed by atoms with Crippen molar-refractivity contribution in [3.63, 3.8) is 0 Å². The van der Waals surface area contributed by atoms with Crippen LogP contribution in [0.4, 0.5) is 0 Å². The lowest BCUT2D eigenvalue weighted by Crippen LogP contribution is -2.47. The first-order valence-electron chi connectivity index (χ1n) is 7.71. The largest absolute Gasteiger partial charge is 0.377 e. The number of fused-ring (bicyclic) bond motifs is 2. The molecule has 3 heterocycles. The van der Waals surface area contributed by atoms with E-state index in [-0.39, 0.29) is 22.7 Å². The van der Waals surface area contributed by atoms with Gasteiger partial charge in [-0.1, -0.05) is 13.8 Å². The van der Waals surface area contributed by atoms with E-state index in [0.717, 1.165) is 35.5 Å². The SMILES string of the molecule is CC1OCCC12C1=C(N=NC1)NC1=C2C(=O)CC(C)(C)C1. The fraction of sp³-hybridized carbons (Fsp3) is 0.688. The van der Waals surface area contributed by atoms with E-state index in [1.54, 1.807) is 0 Å². The Bertz CT molecular complexity index is 629. The molecule has 3 aliphatic heterocycles. The molecule has 0 aromatic rings. The van der Waals surface area contributed by atoms with Crippen LogP contribution in [-0.4, -0.2) is 25.0 Å². The van der Waals surface area contributed by atoms with Crippen molar-refractivity contribution in [2.75, 3.05) is 13.2 Å². The number of Topliss-reactive ketones (excluding diaryl/α,β-unsaturated/α-hetero) is 1. The number of carbonyl (C=O) groups excluding carboxylic acids is 1. The van der Waals surface area contributed by atoms with Gasteiger partial charge in [-0.05, 0) is 25.2 Å². The van der Waals surface area contributed by atoms with Crippen molar-refractivity contribution in [2.45, 2.75) is 46.1 Å². The minimum atomic E-state index is -0.299. The molecule has 5 nitrogen and oxygen atoms in total. The Balaban J connectivity index is 1.91. The lowest BCUT2D eigenvalue weighted by Gasteiger charge is -2.44. The summed E-state index contributed by atoms with van der Waals surface area (Å²) in [6.45, 7) is 7.67. The second kappa shape index (κ2) is 4.03. The summed E-state index contributed by atoms with van der Waals surface area (Å²) in [7, 11) is 0. The van der Waals surface area contributed by atoms with Gasteiger partial charge in [-0.2, -0.15) is 5.11 Å². The average Bonchev–Trinajstić information content (AvgIpc) is 2.96. The third-order valence-electron chi connectivity index (χ3n) is 5.37. The smallest absolute Gasteiger partial charge is 0.162 e. The van der Waals surface area contributed by atoms with Crippen LogP contribution in [0.25, 0.3) is 0 Å². The molecule has 0 bridgehead atoms. The van der Waals surface area contributed by atoms with Gasteiger partial charge in [-0.15, -0.1) is 5.11 Å². The van der Waals surface area contributed by atoms with Crippen molar-refractivity contribution >= 4 is 5.78 Å². The lowest BCUT2D eigenvalue weighted by atomic mass is 9.61. The van der Waals surface area contributed by atoms with Gasteiger partial charge in [0.1, 0.15) is 0 Å². The Morgan fingerprint density at radius 2 is 2.14 bits per heavy atom. The van der Waals surface area contributed by atoms with Crippen LogP contribution in [0.5, 0.6) is 0 Å². The van der Waals surface area contributed by atoms with E-state index >= 15 is 0 Å². The van der Waals surface area contributed by atoms with Crippen LogP contribution in [-0.2, 0) is 9.53 Å². The van der Waals surface area contributed by atoms with Gasteiger partial charge in [0, 0.05) is 29.9 Å². The molecule has 2 atom stereocenters. The number of dihydropyridines is 1. The zero-order valence-electron chi connectivity index (χ0n) is 12.8. The van der Waals surface area contributed by atoms with Gasteiger partial charge in [-0.3, -0.25) is 4.79 Å². The van der Waals surface area contributed by atoms with Gasteiger partial charge in [0.25, 0.3) is 0 Å². The Labute approximate surface area is 124 Å². The second-order valence-electron chi connectivity index (χ2n) is 7.38. The van der Waals surface area contributed by atoms with E-state index in [2.05, 4.69) is 36.3 Å². The van der Waals surface area contributed by atoms with Crippen molar-refractivity contribution in [1.29, 1.82) is 0 Å². The van der Waals surface area contributed by atoms with Crippen molar-refractivity contribution < 1.29 is 9.53 Å². The molecule has 5 heteroatoms. The molecule has 0 aromatic heterocycles. The van der Waals surface area contributed by atoms with Crippen LogP contribution >= 0.6 is 0 Å². The number of azo groups is 1. The molecule has 0 aromatic carbocycles. The fourth-order valence-corrected chi connectivity index (χ4v) is 4.47. The summed E-state index contributed by atoms with van der Waals surface area (Å²) in [5.41, 5.74) is 2.86. The van der Waals surface area contributed by atoms with Crippen LogP contribution in [0.15, 0.2) is 32.9 Å². The molecule has 1 saturated heterocycles. The van der Waals surface area contributed by atoms with Crippen molar-refractivity contribution in [2.24, 2.45) is 21.1 Å². The minimum absolute atomic E-state index is 0.000612. The third-order valence-corrected chi connectivity index (χ3v) is 5.37. The molecule has 0 saturated carbocycles. The van der Waals surface area contributed by atoms with Crippen molar-refractivity contribution in [1.82, 2.24) is 5.32 Å². The number of hydrogen-bond donors (Lipinski definition) is 1. The van der Waals surface area contributed by atoms with Crippen LogP contribution in [0.1, 0.15) is 40.0 Å². The van der Waals surface area contributed by atoms with Crippen LogP contribution in [0, 0.1) is 10.8 Å². The highest BCUT2D eigenvalue weighted by molar-refractivity contribution is 6.00. The number of carbonyl (C=O) groups is 1. The molecule has 1 N–H and O–H groups in total. The molecule has 1 aliphatic carbocycles. The number of rotatable bonds is 0. The zero-order valence-corrected chi connectivity index (χ0v) is 12.8. The second-order valence-corrected chi connectivity index (χ2v) is 7.38. The molecule has 1 fully saturated rings. The van der Waals surface area contributed by atoms with Crippen molar-refractivity contribution in [3.8, 4) is 0 Å². The van der Waals surface area contributed by atoms with E-state index in [4.69, 9.17) is 4.74 Å². The molecule has 4 rings (SSSR count). The summed E-state index contributed by atoms with van der Waals surface area (Å²) < 4.78 is 5.87. The summed E-state index contributed by atoms with van der Waals surface area (Å²) >= 11 is 0. The zero-order chi connectivity index (χ0) is 14.8. The molecular weight excluding hydrogens is 266 g/mol. The summed E-state index contributed by atoms with van der Waals surface area (Å²) in [6, 6.07) is 0. The predicted octanol–water partition coefficient (Wildman–Crippen LogP) is 2.71.